The maximum Gasteiger partial charge on any atom is 0.425 e. The van der Waals surface area contributed by atoms with Crippen molar-refractivity contribution < 1.29 is 36.6 Å². The minimum Gasteiger partial charge on any atom is -0.480 e. The third-order valence-corrected chi connectivity index (χ3v) is 5.15. The molecule has 0 saturated heterocycles. The van der Waals surface area contributed by atoms with E-state index >= 15 is 4.39 Å². The average molecular weight is 516 g/mol. The highest BCUT2D eigenvalue weighted by molar-refractivity contribution is 6.34. The lowest BCUT2D eigenvalue weighted by Crippen LogP contribution is -2.32. The van der Waals surface area contributed by atoms with Crippen LogP contribution in [0.5, 0.6) is 5.75 Å². The van der Waals surface area contributed by atoms with E-state index in [0.29, 0.717) is 13.0 Å². The Kier molecular flexibility index (Phi) is 7.32. The van der Waals surface area contributed by atoms with Crippen LogP contribution in [-0.2, 0) is 5.60 Å². The number of amides is 1. The molecule has 0 unspecified atom stereocenters. The highest BCUT2D eigenvalue weighted by atomic mass is 35.5. The van der Waals surface area contributed by atoms with Crippen molar-refractivity contribution in [3.05, 3.63) is 70.6 Å². The van der Waals surface area contributed by atoms with Gasteiger partial charge in [-0.05, 0) is 45.0 Å². The molecular weight excluding hydrogens is 497 g/mol. The fourth-order valence-corrected chi connectivity index (χ4v) is 3.07. The number of para-hydroxylation sites is 1. The van der Waals surface area contributed by atoms with Crippen molar-refractivity contribution in [2.75, 3.05) is 5.32 Å². The van der Waals surface area contributed by atoms with Crippen molar-refractivity contribution >= 4 is 23.2 Å². The lowest BCUT2D eigenvalue weighted by Gasteiger charge is -2.21. The van der Waals surface area contributed by atoms with Gasteiger partial charge in [-0.25, -0.2) is 8.78 Å². The molecule has 3 rings (SSSR count). The van der Waals surface area contributed by atoms with Gasteiger partial charge in [0.15, 0.2) is 6.10 Å². The molecule has 186 valence electrons. The molecule has 35 heavy (non-hydrogen) atoms. The molecule has 6 nitrogen and oxygen atoms in total. The Bertz CT molecular complexity index is 1220. The highest BCUT2D eigenvalue weighted by Crippen LogP contribution is 2.34. The van der Waals surface area contributed by atoms with Crippen LogP contribution in [0.4, 0.5) is 27.6 Å². The summed E-state index contributed by atoms with van der Waals surface area (Å²) in [5.41, 5.74) is -2.65. The van der Waals surface area contributed by atoms with Crippen LogP contribution in [0, 0.1) is 11.6 Å². The topological polar surface area (TPSA) is 84.3 Å². The van der Waals surface area contributed by atoms with Gasteiger partial charge in [-0.1, -0.05) is 17.7 Å². The van der Waals surface area contributed by atoms with Gasteiger partial charge in [-0.3, -0.25) is 14.8 Å². The molecule has 0 bridgehead atoms. The van der Waals surface area contributed by atoms with Gasteiger partial charge in [0.25, 0.3) is 5.91 Å². The average Bonchev–Trinajstić information content (AvgIpc) is 2.76. The van der Waals surface area contributed by atoms with Crippen molar-refractivity contribution in [2.24, 2.45) is 0 Å². The largest absolute Gasteiger partial charge is 0.480 e. The molecule has 0 spiro atoms. The Morgan fingerprint density at radius 2 is 1.80 bits per heavy atom. The first-order chi connectivity index (χ1) is 16.2. The van der Waals surface area contributed by atoms with Gasteiger partial charge in [0.1, 0.15) is 23.0 Å². The van der Waals surface area contributed by atoms with Crippen LogP contribution in [0.3, 0.4) is 0 Å². The third kappa shape index (κ3) is 6.04. The maximum atomic E-state index is 15.0. The molecule has 1 aromatic heterocycles. The molecule has 3 aromatic rings. The molecule has 2 N–H and O–H groups in total. The fraction of sp³-hybridized carbons (Fsp3) is 0.261. The standard InChI is InChI=1S/C23H19ClF5N3O3/c1-11(23(27,28)29)35-18-8-12(17-9-31-19(10-30-17)22(2,3)34)16(26)7-13(18)21(33)32-20-14(24)5-4-6-15(20)25/h4-11,34H,1-3H3,(H,32,33)/t11-/m0/s1. The number of hydrogen-bond acceptors (Lipinski definition) is 5. The predicted molar refractivity (Wildman–Crippen MR) is 118 cm³/mol. The molecule has 0 aliphatic rings. The maximum absolute atomic E-state index is 15.0. The zero-order chi connectivity index (χ0) is 26.1. The van der Waals surface area contributed by atoms with E-state index < -0.39 is 52.4 Å². The monoisotopic (exact) mass is 515 g/mol. The number of anilines is 1. The zero-order valence-electron chi connectivity index (χ0n) is 18.5. The van der Waals surface area contributed by atoms with Crippen LogP contribution in [0.15, 0.2) is 42.7 Å². The summed E-state index contributed by atoms with van der Waals surface area (Å²) in [6.07, 6.45) is -4.88. The molecule has 2 aromatic carbocycles. The molecule has 0 aliphatic heterocycles. The van der Waals surface area contributed by atoms with E-state index in [9.17, 15) is 27.5 Å². The Hall–Kier alpha value is -3.31. The van der Waals surface area contributed by atoms with E-state index in [1.807, 2.05) is 0 Å². The molecule has 12 heteroatoms. The first-order valence-electron chi connectivity index (χ1n) is 10.1. The predicted octanol–water partition coefficient (Wildman–Crippen LogP) is 5.88. The first-order valence-corrected chi connectivity index (χ1v) is 10.4. The lowest BCUT2D eigenvalue weighted by atomic mass is 10.0. The summed E-state index contributed by atoms with van der Waals surface area (Å²) in [4.78, 5) is 20.8. The van der Waals surface area contributed by atoms with E-state index in [1.54, 1.807) is 0 Å². The second-order valence-corrected chi connectivity index (χ2v) is 8.43. The summed E-state index contributed by atoms with van der Waals surface area (Å²) in [6, 6.07) is 5.07. The summed E-state index contributed by atoms with van der Waals surface area (Å²) in [5.74, 6) is -3.73. The van der Waals surface area contributed by atoms with Gasteiger partial charge >= 0.3 is 6.18 Å². The number of ether oxygens (including phenoxy) is 1. The summed E-state index contributed by atoms with van der Waals surface area (Å²) >= 11 is 5.88. The minimum atomic E-state index is -4.80. The zero-order valence-corrected chi connectivity index (χ0v) is 19.3. The first kappa shape index (κ1) is 26.3. The number of halogens is 6. The number of rotatable bonds is 6. The molecule has 0 aliphatic carbocycles. The molecule has 1 atom stereocenters. The molecule has 0 saturated carbocycles. The Morgan fingerprint density at radius 1 is 1.11 bits per heavy atom. The van der Waals surface area contributed by atoms with Crippen LogP contribution in [-0.4, -0.2) is 33.3 Å². The van der Waals surface area contributed by atoms with Gasteiger partial charge in [-0.2, -0.15) is 13.2 Å². The third-order valence-electron chi connectivity index (χ3n) is 4.83. The number of carbonyl (C=O) groups is 1. The van der Waals surface area contributed by atoms with Crippen molar-refractivity contribution in [1.29, 1.82) is 0 Å². The second kappa shape index (κ2) is 9.74. The van der Waals surface area contributed by atoms with Gasteiger partial charge in [0.05, 0.1) is 40.1 Å². The number of aromatic nitrogens is 2. The smallest absolute Gasteiger partial charge is 0.425 e. The van der Waals surface area contributed by atoms with E-state index in [4.69, 9.17) is 16.3 Å². The summed E-state index contributed by atoms with van der Waals surface area (Å²) < 4.78 is 73.5. The van der Waals surface area contributed by atoms with Gasteiger partial charge in [0, 0.05) is 5.56 Å². The van der Waals surface area contributed by atoms with Crippen molar-refractivity contribution in [2.45, 2.75) is 38.7 Å². The van der Waals surface area contributed by atoms with Crippen molar-refractivity contribution in [3.63, 3.8) is 0 Å². The van der Waals surface area contributed by atoms with Crippen molar-refractivity contribution in [3.8, 4) is 17.0 Å². The SMILES string of the molecule is C[C@H](Oc1cc(-c2cnc(C(C)(C)O)cn2)c(F)cc1C(=O)Nc1c(F)cccc1Cl)C(F)(F)F. The van der Waals surface area contributed by atoms with Gasteiger partial charge < -0.3 is 15.2 Å². The molecular formula is C23H19ClF5N3O3. The lowest BCUT2D eigenvalue weighted by molar-refractivity contribution is -0.189. The minimum absolute atomic E-state index is 0.0934. The Labute approximate surface area is 201 Å². The number of benzene rings is 2. The van der Waals surface area contributed by atoms with Crippen LogP contribution in [0.2, 0.25) is 5.02 Å². The molecule has 0 fully saturated rings. The van der Waals surface area contributed by atoms with Crippen LogP contribution >= 0.6 is 11.6 Å². The van der Waals surface area contributed by atoms with Crippen molar-refractivity contribution in [1.82, 2.24) is 9.97 Å². The number of nitrogens with one attached hydrogen (secondary N) is 1. The Balaban J connectivity index is 2.08. The number of alkyl halides is 3. The second-order valence-electron chi connectivity index (χ2n) is 8.03. The van der Waals surface area contributed by atoms with Crippen LogP contribution in [0.1, 0.15) is 36.8 Å². The van der Waals surface area contributed by atoms with E-state index in [1.165, 1.54) is 32.2 Å². The summed E-state index contributed by atoms with van der Waals surface area (Å²) in [5, 5.41) is 11.9. The quantitative estimate of drug-likeness (QED) is 0.400. The van der Waals surface area contributed by atoms with Gasteiger partial charge in [0.2, 0.25) is 0 Å². The van der Waals surface area contributed by atoms with Crippen LogP contribution < -0.4 is 10.1 Å². The number of hydrogen-bond donors (Lipinski definition) is 2. The Morgan fingerprint density at radius 3 is 2.34 bits per heavy atom. The molecule has 0 radical (unpaired) electrons. The highest BCUT2D eigenvalue weighted by Gasteiger charge is 2.39. The molecule has 1 amide bonds. The van der Waals surface area contributed by atoms with Crippen LogP contribution in [0.25, 0.3) is 11.3 Å². The van der Waals surface area contributed by atoms with E-state index in [-0.39, 0.29) is 22.0 Å². The summed E-state index contributed by atoms with van der Waals surface area (Å²) in [7, 11) is 0. The summed E-state index contributed by atoms with van der Waals surface area (Å²) in [6.45, 7) is 3.62. The molecule has 1 heterocycles. The van der Waals surface area contributed by atoms with Gasteiger partial charge in [-0.15, -0.1) is 0 Å². The normalized spacial score (nSPS) is 12.9. The number of nitrogens with zero attached hydrogens (tertiary/aromatic N) is 2. The van der Waals surface area contributed by atoms with E-state index in [0.717, 1.165) is 18.3 Å². The fourth-order valence-electron chi connectivity index (χ4n) is 2.86. The van der Waals surface area contributed by atoms with E-state index in [2.05, 4.69) is 15.3 Å². The number of aliphatic hydroxyl groups is 1. The number of carbonyl (C=O) groups excluding carboxylic acids is 1.